The summed E-state index contributed by atoms with van der Waals surface area (Å²) in [5.74, 6) is -1.10. The Morgan fingerprint density at radius 1 is 1.62 bits per heavy atom. The zero-order chi connectivity index (χ0) is 10.0. The van der Waals surface area contributed by atoms with Crippen LogP contribution >= 0.6 is 31.9 Å². The number of carbonyl (C=O) groups is 1. The Morgan fingerprint density at radius 2 is 2.23 bits per heavy atom. The molecule has 0 aliphatic rings. The van der Waals surface area contributed by atoms with E-state index in [9.17, 15) is 4.79 Å². The highest BCUT2D eigenvalue weighted by Crippen LogP contribution is 2.23. The molecule has 0 radical (unpaired) electrons. The molecule has 3 N–H and O–H groups in total. The van der Waals surface area contributed by atoms with E-state index in [1.807, 2.05) is 0 Å². The van der Waals surface area contributed by atoms with Crippen molar-refractivity contribution in [2.24, 2.45) is 5.73 Å². The van der Waals surface area contributed by atoms with Gasteiger partial charge in [0, 0.05) is 15.1 Å². The molecule has 1 aromatic heterocycles. The van der Waals surface area contributed by atoms with Crippen LogP contribution in [0.25, 0.3) is 0 Å². The quantitative estimate of drug-likeness (QED) is 0.871. The van der Waals surface area contributed by atoms with Gasteiger partial charge in [-0.1, -0.05) is 0 Å². The van der Waals surface area contributed by atoms with Gasteiger partial charge < -0.3 is 10.8 Å². The Morgan fingerprint density at radius 3 is 2.69 bits per heavy atom. The highest BCUT2D eigenvalue weighted by Gasteiger charge is 2.18. The molecule has 6 heteroatoms. The van der Waals surface area contributed by atoms with Gasteiger partial charge in [0.05, 0.1) is 5.69 Å². The number of halogens is 2. The number of pyridine rings is 1. The molecule has 70 valence electrons. The van der Waals surface area contributed by atoms with Crippen LogP contribution in [-0.4, -0.2) is 16.1 Å². The highest BCUT2D eigenvalue weighted by atomic mass is 79.9. The zero-order valence-electron chi connectivity index (χ0n) is 6.37. The van der Waals surface area contributed by atoms with Crippen molar-refractivity contribution in [3.63, 3.8) is 0 Å². The monoisotopic (exact) mass is 308 g/mol. The standard InChI is InChI=1S/C7H6Br2N2O2/c8-3-1-4(9)6(11-2-3)5(10)7(12)13/h1-2,5H,10H2,(H,12,13). The second-order valence-electron chi connectivity index (χ2n) is 2.34. The number of rotatable bonds is 2. The third-order valence-corrected chi connectivity index (χ3v) is 2.47. The number of aromatic nitrogens is 1. The van der Waals surface area contributed by atoms with E-state index in [1.165, 1.54) is 6.20 Å². The lowest BCUT2D eigenvalue weighted by atomic mass is 10.2. The third kappa shape index (κ3) is 2.49. The molecule has 0 spiro atoms. The fraction of sp³-hybridized carbons (Fsp3) is 0.143. The topological polar surface area (TPSA) is 76.2 Å². The van der Waals surface area contributed by atoms with Crippen LogP contribution in [0, 0.1) is 0 Å². The number of aliphatic carboxylic acids is 1. The summed E-state index contributed by atoms with van der Waals surface area (Å²) in [6.45, 7) is 0. The van der Waals surface area contributed by atoms with Gasteiger partial charge in [0.15, 0.2) is 0 Å². The molecule has 0 saturated carbocycles. The van der Waals surface area contributed by atoms with Gasteiger partial charge in [-0.25, -0.2) is 0 Å². The summed E-state index contributed by atoms with van der Waals surface area (Å²) in [4.78, 5) is 14.4. The number of carboxylic acid groups (broad SMARTS) is 1. The van der Waals surface area contributed by atoms with Crippen LogP contribution in [0.4, 0.5) is 0 Å². The molecule has 1 rings (SSSR count). The summed E-state index contributed by atoms with van der Waals surface area (Å²) in [5, 5.41) is 8.63. The van der Waals surface area contributed by atoms with E-state index in [2.05, 4.69) is 36.8 Å². The van der Waals surface area contributed by atoms with E-state index < -0.39 is 12.0 Å². The van der Waals surface area contributed by atoms with Gasteiger partial charge in [0.2, 0.25) is 0 Å². The predicted octanol–water partition coefficient (Wildman–Crippen LogP) is 1.69. The molecular formula is C7H6Br2N2O2. The number of nitrogens with two attached hydrogens (primary N) is 1. The molecule has 1 unspecified atom stereocenters. The lowest BCUT2D eigenvalue weighted by Crippen LogP contribution is -2.22. The third-order valence-electron chi connectivity index (χ3n) is 1.40. The van der Waals surface area contributed by atoms with Crippen molar-refractivity contribution in [1.29, 1.82) is 0 Å². The molecule has 0 aliphatic carbocycles. The molecule has 0 aliphatic heterocycles. The maximum absolute atomic E-state index is 10.5. The van der Waals surface area contributed by atoms with E-state index in [-0.39, 0.29) is 0 Å². The van der Waals surface area contributed by atoms with Crippen molar-refractivity contribution in [2.75, 3.05) is 0 Å². The molecule has 1 atom stereocenters. The molecule has 0 bridgehead atoms. The number of carboxylic acids is 1. The number of hydrogen-bond acceptors (Lipinski definition) is 3. The average Bonchev–Trinajstić information content (AvgIpc) is 2.03. The van der Waals surface area contributed by atoms with Crippen LogP contribution in [0.1, 0.15) is 11.7 Å². The molecule has 13 heavy (non-hydrogen) atoms. The normalized spacial score (nSPS) is 12.5. The smallest absolute Gasteiger partial charge is 0.326 e. The fourth-order valence-electron chi connectivity index (χ4n) is 0.771. The van der Waals surface area contributed by atoms with E-state index in [0.717, 1.165) is 4.47 Å². The summed E-state index contributed by atoms with van der Waals surface area (Å²) >= 11 is 6.38. The minimum Gasteiger partial charge on any atom is -0.480 e. The summed E-state index contributed by atoms with van der Waals surface area (Å²) in [5.41, 5.74) is 5.70. The van der Waals surface area contributed by atoms with Crippen molar-refractivity contribution >= 4 is 37.8 Å². The second-order valence-corrected chi connectivity index (χ2v) is 4.11. The SMILES string of the molecule is NC(C(=O)O)c1ncc(Br)cc1Br. The first kappa shape index (κ1) is 10.6. The van der Waals surface area contributed by atoms with Crippen molar-refractivity contribution < 1.29 is 9.90 Å². The molecule has 0 amide bonds. The first-order valence-electron chi connectivity index (χ1n) is 3.31. The Hall–Kier alpha value is -0.460. The first-order valence-corrected chi connectivity index (χ1v) is 4.90. The van der Waals surface area contributed by atoms with Crippen molar-refractivity contribution in [3.8, 4) is 0 Å². The molecule has 1 heterocycles. The Labute approximate surface area is 91.4 Å². The largest absolute Gasteiger partial charge is 0.480 e. The summed E-state index contributed by atoms with van der Waals surface area (Å²) in [7, 11) is 0. The lowest BCUT2D eigenvalue weighted by Gasteiger charge is -2.07. The minimum absolute atomic E-state index is 0.315. The van der Waals surface area contributed by atoms with Crippen LogP contribution in [0.5, 0.6) is 0 Å². The molecule has 1 aromatic rings. The molecule has 4 nitrogen and oxygen atoms in total. The van der Waals surface area contributed by atoms with E-state index in [4.69, 9.17) is 10.8 Å². The van der Waals surface area contributed by atoms with Gasteiger partial charge in [-0.2, -0.15) is 0 Å². The van der Waals surface area contributed by atoms with E-state index in [1.54, 1.807) is 6.07 Å². The van der Waals surface area contributed by atoms with Crippen LogP contribution in [0.2, 0.25) is 0 Å². The maximum Gasteiger partial charge on any atom is 0.326 e. The summed E-state index contributed by atoms with van der Waals surface area (Å²) in [6, 6.07) is 0.605. The predicted molar refractivity (Wildman–Crippen MR) is 54.2 cm³/mol. The Balaban J connectivity index is 3.08. The molecule has 0 fully saturated rings. The molecular weight excluding hydrogens is 304 g/mol. The average molecular weight is 310 g/mol. The fourth-order valence-corrected chi connectivity index (χ4v) is 2.01. The zero-order valence-corrected chi connectivity index (χ0v) is 9.54. The lowest BCUT2D eigenvalue weighted by molar-refractivity contribution is -0.138. The van der Waals surface area contributed by atoms with Gasteiger partial charge in [0.1, 0.15) is 6.04 Å². The van der Waals surface area contributed by atoms with Crippen LogP contribution < -0.4 is 5.73 Å². The highest BCUT2D eigenvalue weighted by molar-refractivity contribution is 9.11. The van der Waals surface area contributed by atoms with Gasteiger partial charge in [0.25, 0.3) is 0 Å². The Bertz CT molecular complexity index is 343. The van der Waals surface area contributed by atoms with Gasteiger partial charge in [-0.3, -0.25) is 9.78 Å². The molecule has 0 aromatic carbocycles. The van der Waals surface area contributed by atoms with Crippen LogP contribution in [0.3, 0.4) is 0 Å². The van der Waals surface area contributed by atoms with Crippen molar-refractivity contribution in [2.45, 2.75) is 6.04 Å². The van der Waals surface area contributed by atoms with Gasteiger partial charge in [-0.05, 0) is 37.9 Å². The van der Waals surface area contributed by atoms with Crippen molar-refractivity contribution in [1.82, 2.24) is 4.98 Å². The number of hydrogen-bond donors (Lipinski definition) is 2. The minimum atomic E-state index is -1.10. The van der Waals surface area contributed by atoms with Crippen molar-refractivity contribution in [3.05, 3.63) is 26.9 Å². The first-order chi connectivity index (χ1) is 6.02. The summed E-state index contributed by atoms with van der Waals surface area (Å²) in [6.07, 6.45) is 1.50. The number of nitrogens with zero attached hydrogens (tertiary/aromatic N) is 1. The van der Waals surface area contributed by atoms with E-state index >= 15 is 0 Å². The van der Waals surface area contributed by atoms with Crippen LogP contribution in [0.15, 0.2) is 21.2 Å². The van der Waals surface area contributed by atoms with Crippen LogP contribution in [-0.2, 0) is 4.79 Å². The van der Waals surface area contributed by atoms with Gasteiger partial charge >= 0.3 is 5.97 Å². The Kier molecular flexibility index (Phi) is 3.40. The molecule has 0 saturated heterocycles. The van der Waals surface area contributed by atoms with E-state index in [0.29, 0.717) is 10.2 Å². The van der Waals surface area contributed by atoms with Gasteiger partial charge in [-0.15, -0.1) is 0 Å². The maximum atomic E-state index is 10.5. The second kappa shape index (κ2) is 4.17. The summed E-state index contributed by atoms with van der Waals surface area (Å²) < 4.78 is 1.34.